The minimum absolute atomic E-state index is 0.00137. The maximum absolute atomic E-state index is 13.0. The van der Waals surface area contributed by atoms with Crippen molar-refractivity contribution in [1.29, 1.82) is 0 Å². The molecule has 0 saturated heterocycles. The number of nitrogens with zero attached hydrogens (tertiary/aromatic N) is 1. The largest absolute Gasteiger partial charge is 0.444 e. The highest BCUT2D eigenvalue weighted by atomic mass is 19.4. The molecule has 2 aromatic rings. The van der Waals surface area contributed by atoms with Crippen LogP contribution in [0.3, 0.4) is 0 Å². The summed E-state index contributed by atoms with van der Waals surface area (Å²) < 4.78 is 44.1. The molecule has 0 aliphatic heterocycles. The summed E-state index contributed by atoms with van der Waals surface area (Å²) in [6.07, 6.45) is -4.20. The molecule has 0 bridgehead atoms. The summed E-state index contributed by atoms with van der Waals surface area (Å²) in [7, 11) is 0. The standard InChI is InChI=1S/C22H25F3N2O2/c1-21(2,3)29-20(28)26-13-14-4-6-15(7-5-14)18-10-8-16-12-17(22(23,24)25)9-11-19(16)27-18/h4-8,10,17H,9,11-13H2,1-3H3,(H,26,28). The number of ether oxygens (including phenoxy) is 1. The molecule has 1 aliphatic rings. The number of amides is 1. The van der Waals surface area contributed by atoms with Gasteiger partial charge in [0, 0.05) is 17.8 Å². The Labute approximate surface area is 168 Å². The molecule has 0 radical (unpaired) electrons. The summed E-state index contributed by atoms with van der Waals surface area (Å²) in [5.74, 6) is -1.28. The lowest BCUT2D eigenvalue weighted by molar-refractivity contribution is -0.177. The van der Waals surface area contributed by atoms with Crippen LogP contribution in [0, 0.1) is 5.92 Å². The van der Waals surface area contributed by atoms with Crippen molar-refractivity contribution in [3.63, 3.8) is 0 Å². The lowest BCUT2D eigenvalue weighted by atomic mass is 9.86. The maximum atomic E-state index is 13.0. The fourth-order valence-electron chi connectivity index (χ4n) is 3.33. The SMILES string of the molecule is CC(C)(C)OC(=O)NCc1ccc(-c2ccc3c(n2)CCC(C(F)(F)F)C3)cc1. The smallest absolute Gasteiger partial charge is 0.407 e. The number of carbonyl (C=O) groups is 1. The molecule has 0 fully saturated rings. The van der Waals surface area contributed by atoms with Gasteiger partial charge in [-0.25, -0.2) is 4.79 Å². The van der Waals surface area contributed by atoms with Gasteiger partial charge in [-0.3, -0.25) is 4.98 Å². The molecule has 1 N–H and O–H groups in total. The fraction of sp³-hybridized carbons (Fsp3) is 0.455. The molecule has 29 heavy (non-hydrogen) atoms. The average molecular weight is 406 g/mol. The minimum Gasteiger partial charge on any atom is -0.444 e. The zero-order chi connectivity index (χ0) is 21.2. The highest BCUT2D eigenvalue weighted by molar-refractivity contribution is 5.67. The average Bonchev–Trinajstić information content (AvgIpc) is 2.64. The highest BCUT2D eigenvalue weighted by Gasteiger charge is 2.41. The van der Waals surface area contributed by atoms with Gasteiger partial charge in [0.05, 0.1) is 11.6 Å². The van der Waals surface area contributed by atoms with E-state index in [1.165, 1.54) is 0 Å². The first-order valence-electron chi connectivity index (χ1n) is 9.63. The predicted molar refractivity (Wildman–Crippen MR) is 104 cm³/mol. The third-order valence-corrected chi connectivity index (χ3v) is 4.81. The molecule has 7 heteroatoms. The Kier molecular flexibility index (Phi) is 5.87. The highest BCUT2D eigenvalue weighted by Crippen LogP contribution is 2.37. The number of halogens is 3. The first-order chi connectivity index (χ1) is 13.5. The van der Waals surface area contributed by atoms with E-state index < -0.39 is 23.8 Å². The molecular weight excluding hydrogens is 381 g/mol. The zero-order valence-corrected chi connectivity index (χ0v) is 16.8. The van der Waals surface area contributed by atoms with E-state index in [0.717, 1.165) is 22.5 Å². The van der Waals surface area contributed by atoms with E-state index in [-0.39, 0.29) is 12.8 Å². The molecule has 0 spiro atoms. The summed E-state index contributed by atoms with van der Waals surface area (Å²) in [6.45, 7) is 5.74. The van der Waals surface area contributed by atoms with Crippen LogP contribution in [0.5, 0.6) is 0 Å². The summed E-state index contributed by atoms with van der Waals surface area (Å²) in [5, 5.41) is 2.70. The number of benzene rings is 1. The van der Waals surface area contributed by atoms with Crippen LogP contribution in [0.1, 0.15) is 44.0 Å². The molecular formula is C22H25F3N2O2. The van der Waals surface area contributed by atoms with Crippen molar-refractivity contribution in [1.82, 2.24) is 10.3 Å². The molecule has 0 saturated carbocycles. The molecule has 156 valence electrons. The van der Waals surface area contributed by atoms with Gasteiger partial charge in [-0.05, 0) is 57.2 Å². The normalized spacial score (nSPS) is 16.8. The number of pyridine rings is 1. The van der Waals surface area contributed by atoms with Crippen molar-refractivity contribution in [3.05, 3.63) is 53.2 Å². The van der Waals surface area contributed by atoms with Crippen LogP contribution in [0.25, 0.3) is 11.3 Å². The van der Waals surface area contributed by atoms with E-state index in [0.29, 0.717) is 18.5 Å². The van der Waals surface area contributed by atoms with E-state index in [2.05, 4.69) is 10.3 Å². The third kappa shape index (κ3) is 5.71. The molecule has 1 atom stereocenters. The van der Waals surface area contributed by atoms with Gasteiger partial charge in [0.2, 0.25) is 0 Å². The molecule has 1 aromatic carbocycles. The molecule has 1 amide bonds. The van der Waals surface area contributed by atoms with Gasteiger partial charge in [0.1, 0.15) is 5.60 Å². The minimum atomic E-state index is -4.15. The Bertz CT molecular complexity index is 871. The van der Waals surface area contributed by atoms with Gasteiger partial charge in [-0.15, -0.1) is 0 Å². The first kappa shape index (κ1) is 21.1. The quantitative estimate of drug-likeness (QED) is 0.738. The van der Waals surface area contributed by atoms with Gasteiger partial charge >= 0.3 is 12.3 Å². The number of hydrogen-bond acceptors (Lipinski definition) is 3. The van der Waals surface area contributed by atoms with Crippen LogP contribution in [-0.2, 0) is 24.1 Å². The summed E-state index contributed by atoms with van der Waals surface area (Å²) in [6, 6.07) is 11.1. The third-order valence-electron chi connectivity index (χ3n) is 4.81. The second-order valence-electron chi connectivity index (χ2n) is 8.34. The monoisotopic (exact) mass is 406 g/mol. The first-order valence-corrected chi connectivity index (χ1v) is 9.63. The number of fused-ring (bicyclic) bond motifs is 1. The zero-order valence-electron chi connectivity index (χ0n) is 16.8. The van der Waals surface area contributed by atoms with Crippen LogP contribution >= 0.6 is 0 Å². The van der Waals surface area contributed by atoms with Crippen LogP contribution in [0.15, 0.2) is 36.4 Å². The Morgan fingerprint density at radius 3 is 2.45 bits per heavy atom. The van der Waals surface area contributed by atoms with E-state index in [4.69, 9.17) is 4.74 Å². The Morgan fingerprint density at radius 2 is 1.83 bits per heavy atom. The number of carbonyl (C=O) groups excluding carboxylic acids is 1. The molecule has 1 heterocycles. The van der Waals surface area contributed by atoms with Crippen molar-refractivity contribution < 1.29 is 22.7 Å². The van der Waals surface area contributed by atoms with Crippen molar-refractivity contribution in [2.24, 2.45) is 5.92 Å². The van der Waals surface area contributed by atoms with E-state index in [1.54, 1.807) is 32.9 Å². The Balaban J connectivity index is 1.64. The summed E-state index contributed by atoms with van der Waals surface area (Å²) in [4.78, 5) is 16.3. The van der Waals surface area contributed by atoms with Gasteiger partial charge in [-0.1, -0.05) is 30.3 Å². The van der Waals surface area contributed by atoms with Gasteiger partial charge in [0.25, 0.3) is 0 Å². The lowest BCUT2D eigenvalue weighted by Crippen LogP contribution is -2.32. The summed E-state index contributed by atoms with van der Waals surface area (Å²) >= 11 is 0. The second kappa shape index (κ2) is 8.05. The lowest BCUT2D eigenvalue weighted by Gasteiger charge is -2.26. The van der Waals surface area contributed by atoms with Gasteiger partial charge in [0.15, 0.2) is 0 Å². The number of rotatable bonds is 3. The number of aryl methyl sites for hydroxylation is 1. The van der Waals surface area contributed by atoms with Gasteiger partial charge < -0.3 is 10.1 Å². The van der Waals surface area contributed by atoms with Crippen LogP contribution in [0.4, 0.5) is 18.0 Å². The van der Waals surface area contributed by atoms with Crippen molar-refractivity contribution in [2.45, 2.75) is 58.4 Å². The van der Waals surface area contributed by atoms with Crippen molar-refractivity contribution in [2.75, 3.05) is 0 Å². The maximum Gasteiger partial charge on any atom is 0.407 e. The van der Waals surface area contributed by atoms with Crippen LogP contribution in [-0.4, -0.2) is 22.9 Å². The van der Waals surface area contributed by atoms with Crippen molar-refractivity contribution in [3.8, 4) is 11.3 Å². The number of hydrogen-bond donors (Lipinski definition) is 1. The Hall–Kier alpha value is -2.57. The molecule has 1 aromatic heterocycles. The van der Waals surface area contributed by atoms with E-state index >= 15 is 0 Å². The Morgan fingerprint density at radius 1 is 1.14 bits per heavy atom. The molecule has 3 rings (SSSR count). The summed E-state index contributed by atoms with van der Waals surface area (Å²) in [5.41, 5.74) is 3.41. The number of alkyl carbamates (subject to hydrolysis) is 1. The number of alkyl halides is 3. The fourth-order valence-corrected chi connectivity index (χ4v) is 3.33. The second-order valence-corrected chi connectivity index (χ2v) is 8.34. The van der Waals surface area contributed by atoms with Crippen LogP contribution < -0.4 is 5.32 Å². The van der Waals surface area contributed by atoms with Crippen molar-refractivity contribution >= 4 is 6.09 Å². The number of nitrogens with one attached hydrogen (secondary N) is 1. The molecule has 1 aliphatic carbocycles. The molecule has 1 unspecified atom stereocenters. The van der Waals surface area contributed by atoms with E-state index in [1.807, 2.05) is 24.3 Å². The number of aromatic nitrogens is 1. The topological polar surface area (TPSA) is 51.2 Å². The van der Waals surface area contributed by atoms with E-state index in [9.17, 15) is 18.0 Å². The van der Waals surface area contributed by atoms with Gasteiger partial charge in [-0.2, -0.15) is 13.2 Å². The molecule has 4 nitrogen and oxygen atoms in total. The predicted octanol–water partition coefficient (Wildman–Crippen LogP) is 5.44. The van der Waals surface area contributed by atoms with Crippen LogP contribution in [0.2, 0.25) is 0 Å².